The number of hydrogen-bond donors (Lipinski definition) is 1. The zero-order chi connectivity index (χ0) is 23.8. The summed E-state index contributed by atoms with van der Waals surface area (Å²) >= 11 is 13.6. The maximum Gasteiger partial charge on any atom is 0.269 e. The Morgan fingerprint density at radius 3 is 2.34 bits per heavy atom. The fraction of sp³-hybridized carbons (Fsp3) is 0.364. The normalized spacial score (nSPS) is 11.8. The van der Waals surface area contributed by atoms with E-state index in [4.69, 9.17) is 23.2 Å². The molecule has 0 aromatic heterocycles. The van der Waals surface area contributed by atoms with Gasteiger partial charge in [0, 0.05) is 40.5 Å². The summed E-state index contributed by atoms with van der Waals surface area (Å²) in [6.45, 7) is 5.56. The second kappa shape index (κ2) is 12.1. The number of carbonyl (C=O) groups is 2. The van der Waals surface area contributed by atoms with Gasteiger partial charge in [0.15, 0.2) is 0 Å². The van der Waals surface area contributed by atoms with E-state index in [-0.39, 0.29) is 35.8 Å². The van der Waals surface area contributed by atoms with Gasteiger partial charge in [-0.2, -0.15) is 0 Å². The van der Waals surface area contributed by atoms with E-state index in [0.717, 1.165) is 5.56 Å². The summed E-state index contributed by atoms with van der Waals surface area (Å²) < 4.78 is 0. The van der Waals surface area contributed by atoms with Crippen molar-refractivity contribution in [1.82, 2.24) is 10.2 Å². The molecule has 0 unspecified atom stereocenters. The molecule has 172 valence electrons. The van der Waals surface area contributed by atoms with Crippen LogP contribution in [0.4, 0.5) is 5.69 Å². The van der Waals surface area contributed by atoms with E-state index in [9.17, 15) is 19.7 Å². The second-order valence-corrected chi connectivity index (χ2v) is 9.34. The molecule has 0 heterocycles. The lowest BCUT2D eigenvalue weighted by molar-refractivity contribution is -0.384. The third-order valence-electron chi connectivity index (χ3n) is 4.60. The van der Waals surface area contributed by atoms with Crippen molar-refractivity contribution >= 4 is 52.5 Å². The lowest BCUT2D eigenvalue weighted by Crippen LogP contribution is -2.49. The van der Waals surface area contributed by atoms with E-state index in [1.54, 1.807) is 37.3 Å². The van der Waals surface area contributed by atoms with Crippen molar-refractivity contribution in [3.05, 3.63) is 73.8 Å². The van der Waals surface area contributed by atoms with E-state index in [1.165, 1.54) is 28.8 Å². The van der Waals surface area contributed by atoms with Gasteiger partial charge in [-0.05, 0) is 44.0 Å². The number of nitro benzene ring substituents is 1. The smallest absolute Gasteiger partial charge is 0.269 e. The first-order valence-corrected chi connectivity index (χ1v) is 11.8. The molecule has 2 rings (SSSR count). The van der Waals surface area contributed by atoms with Crippen LogP contribution in [0, 0.1) is 10.1 Å². The number of thioether (sulfide) groups is 1. The van der Waals surface area contributed by atoms with Gasteiger partial charge in [-0.1, -0.05) is 41.4 Å². The van der Waals surface area contributed by atoms with Gasteiger partial charge < -0.3 is 10.2 Å². The van der Waals surface area contributed by atoms with Gasteiger partial charge in [0.25, 0.3) is 5.69 Å². The molecule has 0 aliphatic heterocycles. The lowest BCUT2D eigenvalue weighted by atomic mass is 10.1. The SMILES string of the molecule is CC(C)NC(=O)[C@H](C)N(Cc1ccc(Cl)cc1Cl)C(=O)CSCc1ccc([N+](=O)[O-])cc1. The number of non-ortho nitro benzene ring substituents is 1. The van der Waals surface area contributed by atoms with Crippen LogP contribution in [0.15, 0.2) is 42.5 Å². The van der Waals surface area contributed by atoms with E-state index >= 15 is 0 Å². The number of amides is 2. The largest absolute Gasteiger partial charge is 0.352 e. The third kappa shape index (κ3) is 7.69. The molecular weight excluding hydrogens is 473 g/mol. The maximum atomic E-state index is 13.1. The van der Waals surface area contributed by atoms with Crippen molar-refractivity contribution in [1.29, 1.82) is 0 Å². The van der Waals surface area contributed by atoms with Gasteiger partial charge in [-0.15, -0.1) is 11.8 Å². The summed E-state index contributed by atoms with van der Waals surface area (Å²) in [6.07, 6.45) is 0. The summed E-state index contributed by atoms with van der Waals surface area (Å²) in [7, 11) is 0. The van der Waals surface area contributed by atoms with E-state index in [0.29, 0.717) is 21.4 Å². The quantitative estimate of drug-likeness (QED) is 0.365. The minimum atomic E-state index is -0.698. The molecule has 0 saturated carbocycles. The fourth-order valence-corrected chi connectivity index (χ4v) is 4.21. The van der Waals surface area contributed by atoms with Crippen molar-refractivity contribution in [2.45, 2.75) is 45.2 Å². The summed E-state index contributed by atoms with van der Waals surface area (Å²) in [5.41, 5.74) is 1.58. The fourth-order valence-electron chi connectivity index (χ4n) is 2.87. The highest BCUT2D eigenvalue weighted by molar-refractivity contribution is 7.99. The first kappa shape index (κ1) is 26.0. The topological polar surface area (TPSA) is 92.6 Å². The monoisotopic (exact) mass is 497 g/mol. The summed E-state index contributed by atoms with van der Waals surface area (Å²) in [5.74, 6) is 0.181. The lowest BCUT2D eigenvalue weighted by Gasteiger charge is -2.29. The Kier molecular flexibility index (Phi) is 9.81. The van der Waals surface area contributed by atoms with E-state index in [2.05, 4.69) is 5.32 Å². The van der Waals surface area contributed by atoms with E-state index < -0.39 is 11.0 Å². The van der Waals surface area contributed by atoms with Gasteiger partial charge >= 0.3 is 0 Å². The molecule has 0 bridgehead atoms. The Hall–Kier alpha value is -2.29. The molecule has 7 nitrogen and oxygen atoms in total. The first-order valence-electron chi connectivity index (χ1n) is 9.93. The molecule has 1 atom stereocenters. The highest BCUT2D eigenvalue weighted by Crippen LogP contribution is 2.24. The molecule has 0 saturated heterocycles. The molecule has 2 amide bonds. The summed E-state index contributed by atoms with van der Waals surface area (Å²) in [5, 5.41) is 14.5. The van der Waals surface area contributed by atoms with Crippen LogP contribution in [0.25, 0.3) is 0 Å². The van der Waals surface area contributed by atoms with E-state index in [1.807, 2.05) is 13.8 Å². The van der Waals surface area contributed by atoms with Crippen molar-refractivity contribution < 1.29 is 14.5 Å². The average Bonchev–Trinajstić information content (AvgIpc) is 2.72. The van der Waals surface area contributed by atoms with Crippen molar-refractivity contribution in [3.8, 4) is 0 Å². The molecule has 0 fully saturated rings. The number of hydrogen-bond acceptors (Lipinski definition) is 5. The molecule has 0 spiro atoms. The van der Waals surface area contributed by atoms with Gasteiger partial charge in [-0.3, -0.25) is 19.7 Å². The Morgan fingerprint density at radius 2 is 1.78 bits per heavy atom. The van der Waals surface area contributed by atoms with Crippen molar-refractivity contribution in [3.63, 3.8) is 0 Å². The van der Waals surface area contributed by atoms with Crippen LogP contribution in [0.1, 0.15) is 31.9 Å². The predicted octanol–water partition coefficient (Wildman–Crippen LogP) is 5.08. The molecule has 0 radical (unpaired) electrons. The summed E-state index contributed by atoms with van der Waals surface area (Å²) in [6, 6.07) is 10.5. The number of carbonyl (C=O) groups excluding carboxylic acids is 2. The third-order valence-corrected chi connectivity index (χ3v) is 6.17. The average molecular weight is 498 g/mol. The number of nitrogens with zero attached hydrogens (tertiary/aromatic N) is 2. The molecule has 0 aliphatic carbocycles. The van der Waals surface area contributed by atoms with Gasteiger partial charge in [0.2, 0.25) is 11.8 Å². The molecular formula is C22H25Cl2N3O4S. The van der Waals surface area contributed by atoms with Gasteiger partial charge in [0.1, 0.15) is 6.04 Å². The predicted molar refractivity (Wildman–Crippen MR) is 129 cm³/mol. The van der Waals surface area contributed by atoms with Crippen LogP contribution >= 0.6 is 35.0 Å². The Morgan fingerprint density at radius 1 is 1.12 bits per heavy atom. The van der Waals surface area contributed by atoms with Crippen molar-refractivity contribution in [2.24, 2.45) is 0 Å². The van der Waals surface area contributed by atoms with Crippen LogP contribution < -0.4 is 5.32 Å². The molecule has 1 N–H and O–H groups in total. The number of halogens is 2. The standard InChI is InChI=1S/C22H25Cl2N3O4S/c1-14(2)25-22(29)15(3)26(11-17-6-7-18(23)10-20(17)24)21(28)13-32-12-16-4-8-19(9-5-16)27(30)31/h4-10,14-15H,11-13H2,1-3H3,(H,25,29)/t15-/m0/s1. The minimum absolute atomic E-state index is 0.0193. The van der Waals surface area contributed by atoms with Crippen molar-refractivity contribution in [2.75, 3.05) is 5.75 Å². The molecule has 32 heavy (non-hydrogen) atoms. The Labute approximate surface area is 201 Å². The van der Waals surface area contributed by atoms with Crippen LogP contribution in [0.2, 0.25) is 10.0 Å². The van der Waals surface area contributed by atoms with Crippen LogP contribution in [-0.2, 0) is 21.9 Å². The van der Waals surface area contributed by atoms with Gasteiger partial charge in [-0.25, -0.2) is 0 Å². The molecule has 2 aromatic carbocycles. The minimum Gasteiger partial charge on any atom is -0.352 e. The second-order valence-electron chi connectivity index (χ2n) is 7.51. The zero-order valence-corrected chi connectivity index (χ0v) is 20.3. The number of benzene rings is 2. The van der Waals surface area contributed by atoms with Crippen LogP contribution in [0.3, 0.4) is 0 Å². The Balaban J connectivity index is 2.09. The molecule has 2 aromatic rings. The number of nitro groups is 1. The molecule has 10 heteroatoms. The Bertz CT molecular complexity index is 970. The summed E-state index contributed by atoms with van der Waals surface area (Å²) in [4.78, 5) is 37.5. The maximum absolute atomic E-state index is 13.1. The highest BCUT2D eigenvalue weighted by Gasteiger charge is 2.27. The van der Waals surface area contributed by atoms with Crippen LogP contribution in [0.5, 0.6) is 0 Å². The highest BCUT2D eigenvalue weighted by atomic mass is 35.5. The zero-order valence-electron chi connectivity index (χ0n) is 18.0. The number of nitrogens with one attached hydrogen (secondary N) is 1. The number of rotatable bonds is 10. The van der Waals surface area contributed by atoms with Crippen LogP contribution in [-0.4, -0.2) is 39.5 Å². The van der Waals surface area contributed by atoms with Gasteiger partial charge in [0.05, 0.1) is 10.7 Å². The molecule has 0 aliphatic rings. The first-order chi connectivity index (χ1) is 15.1.